The molecule has 0 bridgehead atoms. The summed E-state index contributed by atoms with van der Waals surface area (Å²) in [5, 5.41) is 13.0. The number of alkyl halides is 3. The molecule has 0 radical (unpaired) electrons. The number of phenols is 1. The second-order valence-corrected chi connectivity index (χ2v) is 6.97. The van der Waals surface area contributed by atoms with Crippen molar-refractivity contribution in [3.8, 4) is 11.5 Å². The van der Waals surface area contributed by atoms with Crippen LogP contribution in [0.5, 0.6) is 11.5 Å². The number of anilines is 1. The summed E-state index contributed by atoms with van der Waals surface area (Å²) in [5.41, 5.74) is 1.13. The van der Waals surface area contributed by atoms with E-state index < -0.39 is 23.8 Å². The van der Waals surface area contributed by atoms with Crippen molar-refractivity contribution in [1.82, 2.24) is 4.98 Å². The monoisotopic (exact) mass is 438 g/mol. The lowest BCUT2D eigenvalue weighted by Crippen LogP contribution is -2.17. The maximum atomic E-state index is 12.9. The van der Waals surface area contributed by atoms with Crippen LogP contribution in [0.25, 0.3) is 0 Å². The third-order valence-corrected chi connectivity index (χ3v) is 4.76. The number of nitrogens with one attached hydrogen (secondary N) is 1. The van der Waals surface area contributed by atoms with Crippen LogP contribution in [-0.2, 0) is 5.75 Å². The van der Waals surface area contributed by atoms with Gasteiger partial charge in [0.25, 0.3) is 5.91 Å². The topological polar surface area (TPSA) is 71.5 Å². The lowest BCUT2D eigenvalue weighted by atomic mass is 10.2. The number of carbonyl (C=O) groups is 1. The van der Waals surface area contributed by atoms with Crippen LogP contribution in [-0.4, -0.2) is 22.4 Å². The highest BCUT2D eigenvalue weighted by Crippen LogP contribution is 2.31. The molecule has 1 heterocycles. The molecule has 0 aliphatic rings. The molecular weight excluding hydrogens is 424 g/mol. The Kier molecular flexibility index (Phi) is 6.46. The van der Waals surface area contributed by atoms with Gasteiger partial charge < -0.3 is 15.2 Å². The van der Waals surface area contributed by atoms with Gasteiger partial charge in [-0.25, -0.2) is 9.37 Å². The van der Waals surface area contributed by atoms with Gasteiger partial charge in [0.15, 0.2) is 0 Å². The van der Waals surface area contributed by atoms with Crippen molar-refractivity contribution in [2.24, 2.45) is 0 Å². The molecule has 5 nitrogen and oxygen atoms in total. The Hall–Kier alpha value is -3.27. The third kappa shape index (κ3) is 6.11. The summed E-state index contributed by atoms with van der Waals surface area (Å²) in [6.45, 7) is 0. The lowest BCUT2D eigenvalue weighted by Gasteiger charge is -2.11. The van der Waals surface area contributed by atoms with Crippen LogP contribution in [0.3, 0.4) is 0 Å². The summed E-state index contributed by atoms with van der Waals surface area (Å²) in [7, 11) is 0. The number of thioether (sulfide) groups is 1. The Morgan fingerprint density at radius 3 is 2.43 bits per heavy atom. The van der Waals surface area contributed by atoms with Crippen LogP contribution in [0, 0.1) is 5.82 Å². The van der Waals surface area contributed by atoms with E-state index in [1.807, 2.05) is 0 Å². The predicted molar refractivity (Wildman–Crippen MR) is 103 cm³/mol. The second kappa shape index (κ2) is 9.04. The number of rotatable bonds is 6. The van der Waals surface area contributed by atoms with E-state index in [0.717, 1.165) is 12.1 Å². The molecule has 30 heavy (non-hydrogen) atoms. The zero-order valence-corrected chi connectivity index (χ0v) is 15.9. The maximum absolute atomic E-state index is 12.9. The van der Waals surface area contributed by atoms with Gasteiger partial charge in [-0.1, -0.05) is 6.07 Å². The van der Waals surface area contributed by atoms with Gasteiger partial charge in [0, 0.05) is 29.3 Å². The zero-order chi connectivity index (χ0) is 21.7. The molecule has 0 fully saturated rings. The van der Waals surface area contributed by atoms with E-state index in [9.17, 15) is 27.5 Å². The first-order valence-corrected chi connectivity index (χ1v) is 9.41. The van der Waals surface area contributed by atoms with E-state index in [1.54, 1.807) is 12.1 Å². The largest absolute Gasteiger partial charge is 0.573 e. The standard InChI is InChI=1S/C20H14F4N2O3S/c21-14-3-5-15(6-4-14)26-19(28)12-2-8-18(25-10-12)30-11-13-1-7-16(9-17(13)27)29-20(22,23)24/h1-10,27H,11H2,(H,26,28). The Morgan fingerprint density at radius 2 is 1.83 bits per heavy atom. The number of halogens is 4. The van der Waals surface area contributed by atoms with E-state index >= 15 is 0 Å². The molecule has 1 amide bonds. The van der Waals surface area contributed by atoms with Crippen LogP contribution < -0.4 is 10.1 Å². The van der Waals surface area contributed by atoms with Crippen molar-refractivity contribution < 1.29 is 32.2 Å². The minimum atomic E-state index is -4.84. The highest BCUT2D eigenvalue weighted by Gasteiger charge is 2.31. The summed E-state index contributed by atoms with van der Waals surface area (Å²) >= 11 is 1.23. The molecule has 2 aromatic carbocycles. The number of hydrogen-bond donors (Lipinski definition) is 2. The first-order chi connectivity index (χ1) is 14.2. The van der Waals surface area contributed by atoms with Crippen LogP contribution in [0.4, 0.5) is 23.2 Å². The molecule has 2 N–H and O–H groups in total. The van der Waals surface area contributed by atoms with E-state index in [2.05, 4.69) is 15.0 Å². The molecule has 0 spiro atoms. The summed E-state index contributed by atoms with van der Waals surface area (Å²) < 4.78 is 53.3. The Labute approximate surface area is 172 Å². The lowest BCUT2D eigenvalue weighted by molar-refractivity contribution is -0.274. The number of amides is 1. The van der Waals surface area contributed by atoms with Gasteiger partial charge in [0.1, 0.15) is 17.3 Å². The first kappa shape index (κ1) is 21.4. The maximum Gasteiger partial charge on any atom is 0.573 e. The number of hydrogen-bond acceptors (Lipinski definition) is 5. The third-order valence-electron chi connectivity index (χ3n) is 3.77. The fourth-order valence-corrected chi connectivity index (χ4v) is 3.19. The van der Waals surface area contributed by atoms with Gasteiger partial charge in [0.2, 0.25) is 0 Å². The highest BCUT2D eigenvalue weighted by molar-refractivity contribution is 7.98. The smallest absolute Gasteiger partial charge is 0.507 e. The van der Waals surface area contributed by atoms with Gasteiger partial charge in [-0.2, -0.15) is 0 Å². The predicted octanol–water partition coefficient (Wildman–Crippen LogP) is 5.37. The van der Waals surface area contributed by atoms with E-state index in [-0.39, 0.29) is 11.5 Å². The number of ether oxygens (including phenoxy) is 1. The van der Waals surface area contributed by atoms with Crippen LogP contribution in [0.2, 0.25) is 0 Å². The Morgan fingerprint density at radius 1 is 1.10 bits per heavy atom. The molecule has 0 unspecified atom stereocenters. The minimum absolute atomic E-state index is 0.242. The average Bonchev–Trinajstić information content (AvgIpc) is 2.68. The van der Waals surface area contributed by atoms with E-state index in [4.69, 9.17) is 0 Å². The van der Waals surface area contributed by atoms with Gasteiger partial charge >= 0.3 is 6.36 Å². The van der Waals surface area contributed by atoms with Gasteiger partial charge in [-0.05, 0) is 42.5 Å². The fraction of sp³-hybridized carbons (Fsp3) is 0.100. The Balaban J connectivity index is 1.58. The summed E-state index contributed by atoms with van der Waals surface area (Å²) in [6.07, 6.45) is -3.47. The van der Waals surface area contributed by atoms with Crippen LogP contribution >= 0.6 is 11.8 Å². The van der Waals surface area contributed by atoms with Crippen LogP contribution in [0.15, 0.2) is 65.8 Å². The molecule has 0 atom stereocenters. The summed E-state index contributed by atoms with van der Waals surface area (Å²) in [4.78, 5) is 16.3. The molecule has 10 heteroatoms. The summed E-state index contributed by atoms with van der Waals surface area (Å²) in [6, 6.07) is 11.8. The van der Waals surface area contributed by atoms with Gasteiger partial charge in [-0.3, -0.25) is 4.79 Å². The normalized spacial score (nSPS) is 11.2. The minimum Gasteiger partial charge on any atom is -0.507 e. The van der Waals surface area contributed by atoms with E-state index in [1.165, 1.54) is 48.3 Å². The number of phenolic OH excluding ortho intramolecular Hbond substituents is 1. The Bertz CT molecular complexity index is 1030. The number of nitrogens with zero attached hydrogens (tertiary/aromatic N) is 1. The second-order valence-electron chi connectivity index (χ2n) is 5.97. The molecule has 3 aromatic rings. The number of aromatic hydroxyl groups is 1. The van der Waals surface area contributed by atoms with Gasteiger partial charge in [-0.15, -0.1) is 24.9 Å². The molecule has 1 aromatic heterocycles. The molecule has 0 aliphatic carbocycles. The average molecular weight is 438 g/mol. The molecule has 3 rings (SSSR count). The quantitative estimate of drug-likeness (QED) is 0.400. The van der Waals surface area contributed by atoms with Crippen molar-refractivity contribution in [2.75, 3.05) is 5.32 Å². The number of aromatic nitrogens is 1. The van der Waals surface area contributed by atoms with Crippen molar-refractivity contribution in [1.29, 1.82) is 0 Å². The van der Waals surface area contributed by atoms with E-state index in [0.29, 0.717) is 21.8 Å². The fourth-order valence-electron chi connectivity index (χ4n) is 2.35. The van der Waals surface area contributed by atoms with Crippen molar-refractivity contribution in [3.63, 3.8) is 0 Å². The molecule has 156 valence electrons. The number of pyridine rings is 1. The van der Waals surface area contributed by atoms with Gasteiger partial charge in [0.05, 0.1) is 10.6 Å². The number of carbonyl (C=O) groups excluding carboxylic acids is 1. The SMILES string of the molecule is O=C(Nc1ccc(F)cc1)c1ccc(SCc2ccc(OC(F)(F)F)cc2O)nc1. The molecule has 0 aliphatic heterocycles. The van der Waals surface area contributed by atoms with Crippen molar-refractivity contribution in [2.45, 2.75) is 17.1 Å². The molecular formula is C20H14F4N2O3S. The zero-order valence-electron chi connectivity index (χ0n) is 15.1. The first-order valence-electron chi connectivity index (χ1n) is 8.43. The molecule has 0 saturated carbocycles. The van der Waals surface area contributed by atoms with Crippen molar-refractivity contribution >= 4 is 23.4 Å². The number of benzene rings is 2. The summed E-state index contributed by atoms with van der Waals surface area (Å²) in [5.74, 6) is -1.43. The van der Waals surface area contributed by atoms with Crippen LogP contribution in [0.1, 0.15) is 15.9 Å². The van der Waals surface area contributed by atoms with Crippen molar-refractivity contribution in [3.05, 3.63) is 77.7 Å². The highest BCUT2D eigenvalue weighted by atomic mass is 32.2. The molecule has 0 saturated heterocycles.